The number of carboxylic acids is 1. The maximum atomic E-state index is 11.7. The number of carbonyl (C=O) groups excluding carboxylic acids is 3. The van der Waals surface area contributed by atoms with Crippen molar-refractivity contribution in [3.63, 3.8) is 0 Å². The summed E-state index contributed by atoms with van der Waals surface area (Å²) in [6.07, 6.45) is 0.891. The summed E-state index contributed by atoms with van der Waals surface area (Å²) in [6, 6.07) is -2.76. The Bertz CT molecular complexity index is 487. The monoisotopic (exact) mass is 314 g/mol. The van der Waals surface area contributed by atoms with Crippen LogP contribution in [0.2, 0.25) is 0 Å². The Morgan fingerprint density at radius 1 is 1.27 bits per heavy atom. The summed E-state index contributed by atoms with van der Waals surface area (Å²) in [5, 5.41) is 11.0. The molecule has 0 aliphatic carbocycles. The van der Waals surface area contributed by atoms with Crippen LogP contribution in [-0.4, -0.2) is 54.2 Å². The number of nitrogens with two attached hydrogens (primary N) is 1. The molecular formula is C13H18N2O7. The molecule has 0 radical (unpaired) electrons. The van der Waals surface area contributed by atoms with E-state index in [1.807, 2.05) is 0 Å². The van der Waals surface area contributed by atoms with E-state index in [1.54, 1.807) is 0 Å². The van der Waals surface area contributed by atoms with Gasteiger partial charge in [0.25, 0.3) is 0 Å². The molecule has 0 aliphatic heterocycles. The molecule has 0 aromatic heterocycles. The highest BCUT2D eigenvalue weighted by atomic mass is 16.5. The first-order valence-electron chi connectivity index (χ1n) is 6.09. The molecule has 0 rings (SSSR count). The molecule has 0 saturated carbocycles. The highest BCUT2D eigenvalue weighted by molar-refractivity contribution is 5.89. The zero-order valence-electron chi connectivity index (χ0n) is 12.0. The van der Waals surface area contributed by atoms with Gasteiger partial charge in [0.15, 0.2) is 6.04 Å². The number of carboxylic acid groups (broad SMARTS) is 1. The summed E-state index contributed by atoms with van der Waals surface area (Å²) in [7, 11) is 0. The molecule has 0 spiro atoms. The van der Waals surface area contributed by atoms with Crippen molar-refractivity contribution in [1.29, 1.82) is 0 Å². The van der Waals surface area contributed by atoms with Crippen LogP contribution in [0.4, 0.5) is 0 Å². The molecular weight excluding hydrogens is 296 g/mol. The summed E-state index contributed by atoms with van der Waals surface area (Å²) in [4.78, 5) is 44.7. The molecule has 4 N–H and O–H groups in total. The maximum absolute atomic E-state index is 11.7. The molecule has 0 saturated heterocycles. The smallest absolute Gasteiger partial charge is 0.333 e. The van der Waals surface area contributed by atoms with Crippen molar-refractivity contribution in [3.8, 4) is 0 Å². The minimum atomic E-state index is -1.49. The third-order valence-corrected chi connectivity index (χ3v) is 2.25. The third-order valence-electron chi connectivity index (χ3n) is 2.25. The number of hydrogen-bond acceptors (Lipinski definition) is 7. The zero-order valence-corrected chi connectivity index (χ0v) is 12.0. The Balaban J connectivity index is 4.48. The Morgan fingerprint density at radius 2 is 1.86 bits per heavy atom. The summed E-state index contributed by atoms with van der Waals surface area (Å²) < 4.78 is 9.21. The first-order chi connectivity index (χ1) is 10.2. The third kappa shape index (κ3) is 7.20. The van der Waals surface area contributed by atoms with Gasteiger partial charge >= 0.3 is 17.9 Å². The second kappa shape index (κ2) is 9.29. The fraction of sp³-hybridized carbons (Fsp3) is 0.385. The topological polar surface area (TPSA) is 145 Å². The minimum absolute atomic E-state index is 0.0866. The van der Waals surface area contributed by atoms with Gasteiger partial charge in [-0.25, -0.2) is 14.4 Å². The number of esters is 2. The van der Waals surface area contributed by atoms with Crippen LogP contribution in [-0.2, 0) is 28.7 Å². The number of ether oxygens (including phenoxy) is 2. The summed E-state index contributed by atoms with van der Waals surface area (Å²) in [5.74, 6) is -3.85. The molecule has 0 aromatic carbocycles. The van der Waals surface area contributed by atoms with E-state index in [-0.39, 0.29) is 5.57 Å². The van der Waals surface area contributed by atoms with Gasteiger partial charge in [-0.05, 0) is 6.92 Å². The van der Waals surface area contributed by atoms with E-state index in [9.17, 15) is 19.2 Å². The van der Waals surface area contributed by atoms with Gasteiger partial charge in [-0.15, -0.1) is 0 Å². The van der Waals surface area contributed by atoms with Crippen LogP contribution in [0.25, 0.3) is 0 Å². The van der Waals surface area contributed by atoms with E-state index in [4.69, 9.17) is 10.8 Å². The van der Waals surface area contributed by atoms with Gasteiger partial charge in [0.05, 0.1) is 0 Å². The zero-order chi connectivity index (χ0) is 17.3. The van der Waals surface area contributed by atoms with E-state index >= 15 is 0 Å². The number of aliphatic carboxylic acids is 1. The highest BCUT2D eigenvalue weighted by Gasteiger charge is 2.25. The maximum Gasteiger partial charge on any atom is 0.333 e. The van der Waals surface area contributed by atoms with Crippen LogP contribution in [0.15, 0.2) is 24.8 Å². The Kier molecular flexibility index (Phi) is 8.16. The fourth-order valence-corrected chi connectivity index (χ4v) is 1.04. The van der Waals surface area contributed by atoms with Gasteiger partial charge in [0.2, 0.25) is 5.91 Å². The molecule has 1 amide bonds. The number of nitrogens with one attached hydrogen (secondary N) is 1. The van der Waals surface area contributed by atoms with Gasteiger partial charge < -0.3 is 25.6 Å². The van der Waals surface area contributed by atoms with Crippen LogP contribution in [0, 0.1) is 0 Å². The van der Waals surface area contributed by atoms with Gasteiger partial charge in [-0.2, -0.15) is 0 Å². The van der Waals surface area contributed by atoms with Crippen LogP contribution in [0.1, 0.15) is 6.92 Å². The molecule has 0 fully saturated rings. The van der Waals surface area contributed by atoms with E-state index in [2.05, 4.69) is 27.9 Å². The molecule has 9 nitrogen and oxygen atoms in total. The molecule has 0 aliphatic rings. The first kappa shape index (κ1) is 19.3. The Labute approximate surface area is 126 Å². The molecule has 22 heavy (non-hydrogen) atoms. The number of hydrogen-bond donors (Lipinski definition) is 3. The Hall–Kier alpha value is -2.68. The van der Waals surface area contributed by atoms with Crippen LogP contribution in [0.5, 0.6) is 0 Å². The van der Waals surface area contributed by atoms with Crippen molar-refractivity contribution < 1.29 is 33.8 Å². The minimum Gasteiger partial charge on any atom is -0.480 e. The summed E-state index contributed by atoms with van der Waals surface area (Å²) in [6.45, 7) is 6.84. The van der Waals surface area contributed by atoms with Crippen molar-refractivity contribution >= 4 is 23.8 Å². The van der Waals surface area contributed by atoms with E-state index in [0.29, 0.717) is 0 Å². The number of carbonyl (C=O) groups is 4. The molecule has 0 unspecified atom stereocenters. The van der Waals surface area contributed by atoms with Gasteiger partial charge in [-0.1, -0.05) is 13.2 Å². The van der Waals surface area contributed by atoms with E-state index in [1.165, 1.54) is 6.92 Å². The quantitative estimate of drug-likeness (QED) is 0.353. The largest absolute Gasteiger partial charge is 0.480 e. The average molecular weight is 314 g/mol. The standard InChI is InChI=1S/C13H18N2O7/c1-4-10(16)21-5-8(14)11(17)15-9(12(18)19)6-22-13(20)7(2)3/h4,8-9H,1-2,5-6,14H2,3H3,(H,15,17)(H,18,19)/t8-,9-/m0/s1. The lowest BCUT2D eigenvalue weighted by Gasteiger charge is -2.17. The number of amides is 1. The van der Waals surface area contributed by atoms with Gasteiger partial charge in [0.1, 0.15) is 19.3 Å². The predicted octanol–water partition coefficient (Wildman–Crippen LogP) is -1.27. The molecule has 122 valence electrons. The lowest BCUT2D eigenvalue weighted by atomic mass is 10.2. The van der Waals surface area contributed by atoms with Crippen LogP contribution < -0.4 is 11.1 Å². The molecule has 0 heterocycles. The lowest BCUT2D eigenvalue weighted by molar-refractivity contribution is -0.149. The van der Waals surface area contributed by atoms with Gasteiger partial charge in [0, 0.05) is 11.6 Å². The van der Waals surface area contributed by atoms with Crippen molar-refractivity contribution in [2.75, 3.05) is 13.2 Å². The predicted molar refractivity (Wildman–Crippen MR) is 74.5 cm³/mol. The normalized spacial score (nSPS) is 12.5. The summed E-state index contributed by atoms with van der Waals surface area (Å²) >= 11 is 0. The molecule has 0 bridgehead atoms. The highest BCUT2D eigenvalue weighted by Crippen LogP contribution is 1.96. The average Bonchev–Trinajstić information content (AvgIpc) is 2.47. The van der Waals surface area contributed by atoms with Crippen molar-refractivity contribution in [2.24, 2.45) is 5.73 Å². The van der Waals surface area contributed by atoms with Crippen molar-refractivity contribution in [3.05, 3.63) is 24.8 Å². The second-order valence-electron chi connectivity index (χ2n) is 4.22. The van der Waals surface area contributed by atoms with Crippen molar-refractivity contribution in [1.82, 2.24) is 5.32 Å². The van der Waals surface area contributed by atoms with Crippen LogP contribution in [0.3, 0.4) is 0 Å². The van der Waals surface area contributed by atoms with Gasteiger partial charge in [-0.3, -0.25) is 4.79 Å². The Morgan fingerprint density at radius 3 is 2.32 bits per heavy atom. The fourth-order valence-electron chi connectivity index (χ4n) is 1.04. The van der Waals surface area contributed by atoms with Crippen LogP contribution >= 0.6 is 0 Å². The van der Waals surface area contributed by atoms with E-state index < -0.39 is 49.1 Å². The molecule has 9 heteroatoms. The van der Waals surface area contributed by atoms with Crippen molar-refractivity contribution in [2.45, 2.75) is 19.0 Å². The molecule has 0 aromatic rings. The number of rotatable bonds is 9. The van der Waals surface area contributed by atoms with E-state index in [0.717, 1.165) is 6.08 Å². The second-order valence-corrected chi connectivity index (χ2v) is 4.22. The molecule has 2 atom stereocenters. The SMILES string of the molecule is C=CC(=O)OC[C@H](N)C(=O)N[C@@H](COC(=O)C(=C)C)C(=O)O. The first-order valence-corrected chi connectivity index (χ1v) is 6.09. The lowest BCUT2D eigenvalue weighted by Crippen LogP contribution is -2.52. The summed E-state index contributed by atoms with van der Waals surface area (Å²) in [5.41, 5.74) is 5.52.